The van der Waals surface area contributed by atoms with Gasteiger partial charge in [-0.2, -0.15) is 0 Å². The number of rotatable bonds is 1. The van der Waals surface area contributed by atoms with Crippen LogP contribution in [0.15, 0.2) is 0 Å². The first-order valence-corrected chi connectivity index (χ1v) is 4.85. The monoisotopic (exact) mass is 176 g/mol. The molecule has 1 aliphatic heterocycles. The normalized spacial score (nSPS) is 45.8. The zero-order valence-corrected chi connectivity index (χ0v) is 8.15. The third-order valence-corrected chi connectivity index (χ3v) is 3.73. The number of hydrogen-bond acceptors (Lipinski definition) is 3. The SMILES string of the molecule is CC[C@@]1(C)SO[C@@H](C)C[C@@H]1O. The highest BCUT2D eigenvalue weighted by molar-refractivity contribution is 7.96. The molecule has 0 aromatic carbocycles. The molecule has 3 atom stereocenters. The third-order valence-electron chi connectivity index (χ3n) is 2.36. The summed E-state index contributed by atoms with van der Waals surface area (Å²) >= 11 is 1.43. The first kappa shape index (κ1) is 9.36. The van der Waals surface area contributed by atoms with Gasteiger partial charge in [-0.3, -0.25) is 0 Å². The molecule has 1 aliphatic rings. The maximum Gasteiger partial charge on any atom is 0.0731 e. The molecule has 0 amide bonds. The molecule has 0 aromatic heterocycles. The van der Waals surface area contributed by atoms with Gasteiger partial charge in [0.2, 0.25) is 0 Å². The van der Waals surface area contributed by atoms with E-state index in [-0.39, 0.29) is 17.0 Å². The zero-order valence-electron chi connectivity index (χ0n) is 7.33. The minimum atomic E-state index is -0.221. The Bertz CT molecular complexity index is 140. The summed E-state index contributed by atoms with van der Waals surface area (Å²) in [4.78, 5) is 0. The van der Waals surface area contributed by atoms with Gasteiger partial charge in [-0.25, -0.2) is 0 Å². The molecule has 0 unspecified atom stereocenters. The van der Waals surface area contributed by atoms with Gasteiger partial charge < -0.3 is 9.29 Å². The van der Waals surface area contributed by atoms with E-state index in [2.05, 4.69) is 6.92 Å². The minimum Gasteiger partial charge on any atom is -0.392 e. The van der Waals surface area contributed by atoms with Gasteiger partial charge in [-0.15, -0.1) is 0 Å². The number of aliphatic hydroxyl groups excluding tert-OH is 1. The van der Waals surface area contributed by atoms with Crippen molar-refractivity contribution in [2.24, 2.45) is 0 Å². The fraction of sp³-hybridized carbons (Fsp3) is 1.00. The van der Waals surface area contributed by atoms with Gasteiger partial charge >= 0.3 is 0 Å². The molecule has 0 saturated carbocycles. The van der Waals surface area contributed by atoms with Crippen LogP contribution < -0.4 is 0 Å². The van der Waals surface area contributed by atoms with Crippen molar-refractivity contribution >= 4 is 12.0 Å². The van der Waals surface area contributed by atoms with E-state index in [9.17, 15) is 5.11 Å². The molecule has 1 fully saturated rings. The topological polar surface area (TPSA) is 29.5 Å². The summed E-state index contributed by atoms with van der Waals surface area (Å²) in [5.41, 5.74) is 0. The number of hydrogen-bond donors (Lipinski definition) is 1. The maximum absolute atomic E-state index is 9.70. The van der Waals surface area contributed by atoms with Gasteiger partial charge in [-0.05, 0) is 20.3 Å². The first-order chi connectivity index (χ1) is 5.08. The van der Waals surface area contributed by atoms with E-state index < -0.39 is 0 Å². The van der Waals surface area contributed by atoms with Crippen LogP contribution in [0, 0.1) is 0 Å². The first-order valence-electron chi connectivity index (χ1n) is 4.11. The van der Waals surface area contributed by atoms with Gasteiger partial charge in [0.1, 0.15) is 0 Å². The molecule has 0 aromatic rings. The molecule has 0 radical (unpaired) electrons. The molecule has 1 N–H and O–H groups in total. The van der Waals surface area contributed by atoms with Crippen LogP contribution in [0.1, 0.15) is 33.6 Å². The highest BCUT2D eigenvalue weighted by Gasteiger charge is 2.38. The fourth-order valence-electron chi connectivity index (χ4n) is 1.15. The molecule has 3 heteroatoms. The van der Waals surface area contributed by atoms with Crippen molar-refractivity contribution in [1.82, 2.24) is 0 Å². The van der Waals surface area contributed by atoms with E-state index in [1.54, 1.807) is 0 Å². The Morgan fingerprint density at radius 2 is 2.36 bits per heavy atom. The summed E-state index contributed by atoms with van der Waals surface area (Å²) < 4.78 is 5.32. The van der Waals surface area contributed by atoms with Crippen molar-refractivity contribution in [3.63, 3.8) is 0 Å². The molecular formula is C8H16O2S. The lowest BCUT2D eigenvalue weighted by molar-refractivity contribution is 0.0582. The summed E-state index contributed by atoms with van der Waals surface area (Å²) in [6, 6.07) is 0. The Hall–Kier alpha value is 0.270. The third kappa shape index (κ3) is 1.89. The van der Waals surface area contributed by atoms with Gasteiger partial charge in [0, 0.05) is 18.5 Å². The maximum atomic E-state index is 9.70. The van der Waals surface area contributed by atoms with Crippen LogP contribution in [0.2, 0.25) is 0 Å². The van der Waals surface area contributed by atoms with Gasteiger partial charge in [0.25, 0.3) is 0 Å². The Balaban J connectivity index is 2.56. The van der Waals surface area contributed by atoms with E-state index in [1.165, 1.54) is 12.0 Å². The highest BCUT2D eigenvalue weighted by atomic mass is 32.2. The van der Waals surface area contributed by atoms with Gasteiger partial charge in [0.05, 0.1) is 17.0 Å². The predicted octanol–water partition coefficient (Wildman–Crippen LogP) is 1.97. The van der Waals surface area contributed by atoms with Crippen molar-refractivity contribution in [3.05, 3.63) is 0 Å². The van der Waals surface area contributed by atoms with Gasteiger partial charge in [0.15, 0.2) is 0 Å². The lowest BCUT2D eigenvalue weighted by Gasteiger charge is -2.38. The van der Waals surface area contributed by atoms with Crippen LogP contribution in [0.5, 0.6) is 0 Å². The summed E-state index contributed by atoms with van der Waals surface area (Å²) in [5.74, 6) is 0. The average Bonchev–Trinajstić information content (AvgIpc) is 1.98. The van der Waals surface area contributed by atoms with E-state index in [1.807, 2.05) is 13.8 Å². The predicted molar refractivity (Wildman–Crippen MR) is 47.5 cm³/mol. The van der Waals surface area contributed by atoms with Crippen LogP contribution in [0.3, 0.4) is 0 Å². The molecule has 0 aliphatic carbocycles. The van der Waals surface area contributed by atoms with Crippen molar-refractivity contribution in [1.29, 1.82) is 0 Å². The van der Waals surface area contributed by atoms with E-state index >= 15 is 0 Å². The largest absolute Gasteiger partial charge is 0.392 e. The van der Waals surface area contributed by atoms with E-state index in [0.717, 1.165) is 12.8 Å². The fourth-order valence-corrected chi connectivity index (χ4v) is 1.93. The Kier molecular flexibility index (Phi) is 2.84. The average molecular weight is 176 g/mol. The van der Waals surface area contributed by atoms with Crippen molar-refractivity contribution < 1.29 is 9.29 Å². The molecule has 11 heavy (non-hydrogen) atoms. The summed E-state index contributed by atoms with van der Waals surface area (Å²) in [7, 11) is 0. The molecule has 0 bridgehead atoms. The highest BCUT2D eigenvalue weighted by Crippen LogP contribution is 2.40. The second-order valence-corrected chi connectivity index (χ2v) is 4.70. The smallest absolute Gasteiger partial charge is 0.0731 e. The molecule has 2 nitrogen and oxygen atoms in total. The minimum absolute atomic E-state index is 0.0908. The summed E-state index contributed by atoms with van der Waals surface area (Å²) in [5, 5.41) is 9.70. The molecular weight excluding hydrogens is 160 g/mol. The second-order valence-electron chi connectivity index (χ2n) is 3.41. The van der Waals surface area contributed by atoms with Crippen LogP contribution >= 0.6 is 12.0 Å². The Morgan fingerprint density at radius 3 is 2.82 bits per heavy atom. The Labute approximate surface area is 72.5 Å². The Morgan fingerprint density at radius 1 is 1.73 bits per heavy atom. The molecule has 1 heterocycles. The van der Waals surface area contributed by atoms with Gasteiger partial charge in [-0.1, -0.05) is 6.92 Å². The molecule has 1 rings (SSSR count). The van der Waals surface area contributed by atoms with Crippen LogP contribution in [0.25, 0.3) is 0 Å². The summed E-state index contributed by atoms with van der Waals surface area (Å²) in [6.45, 7) is 6.12. The van der Waals surface area contributed by atoms with Crippen LogP contribution in [0.4, 0.5) is 0 Å². The van der Waals surface area contributed by atoms with Crippen LogP contribution in [-0.4, -0.2) is 22.1 Å². The van der Waals surface area contributed by atoms with Crippen LogP contribution in [-0.2, 0) is 4.18 Å². The molecule has 66 valence electrons. The van der Waals surface area contributed by atoms with E-state index in [0.29, 0.717) is 0 Å². The lowest BCUT2D eigenvalue weighted by atomic mass is 9.96. The number of aliphatic hydroxyl groups is 1. The van der Waals surface area contributed by atoms with Crippen molar-refractivity contribution in [2.75, 3.05) is 0 Å². The van der Waals surface area contributed by atoms with Crippen molar-refractivity contribution in [2.45, 2.75) is 50.6 Å². The molecule has 1 saturated heterocycles. The summed E-state index contributed by atoms with van der Waals surface area (Å²) in [6.07, 6.45) is 1.68. The van der Waals surface area contributed by atoms with E-state index in [4.69, 9.17) is 4.18 Å². The molecule has 0 spiro atoms. The standard InChI is InChI=1S/C8H16O2S/c1-4-8(3)7(9)5-6(2)10-11-8/h6-7,9H,4-5H2,1-3H3/t6-,7-,8+/m0/s1. The van der Waals surface area contributed by atoms with Crippen molar-refractivity contribution in [3.8, 4) is 0 Å². The quantitative estimate of drug-likeness (QED) is 0.619. The second kappa shape index (κ2) is 3.33. The lowest BCUT2D eigenvalue weighted by Crippen LogP contribution is -2.42. The zero-order chi connectivity index (χ0) is 8.48.